The fraction of sp³-hybridized carbons (Fsp3) is 0.320. The zero-order valence-corrected chi connectivity index (χ0v) is 18.5. The maximum absolute atomic E-state index is 12.7. The summed E-state index contributed by atoms with van der Waals surface area (Å²) in [7, 11) is 0. The highest BCUT2D eigenvalue weighted by Crippen LogP contribution is 2.30. The third kappa shape index (κ3) is 4.04. The van der Waals surface area contributed by atoms with Crippen LogP contribution in [0.25, 0.3) is 10.9 Å². The molecule has 170 valence electrons. The summed E-state index contributed by atoms with van der Waals surface area (Å²) in [6.45, 7) is 3.43. The predicted octanol–water partition coefficient (Wildman–Crippen LogP) is 3.31. The minimum atomic E-state index is -1.11. The van der Waals surface area contributed by atoms with Crippen molar-refractivity contribution in [1.82, 2.24) is 25.8 Å². The minimum absolute atomic E-state index is 0.0892. The lowest BCUT2D eigenvalue weighted by molar-refractivity contribution is -0.123. The van der Waals surface area contributed by atoms with Crippen LogP contribution in [0.5, 0.6) is 0 Å². The van der Waals surface area contributed by atoms with Crippen LogP contribution >= 0.6 is 0 Å². The number of nitrogens with one attached hydrogen (secondary N) is 4. The van der Waals surface area contributed by atoms with Crippen LogP contribution in [0.1, 0.15) is 42.5 Å². The molecule has 4 N–H and O–H groups in total. The Morgan fingerprint density at radius 3 is 2.61 bits per heavy atom. The van der Waals surface area contributed by atoms with Gasteiger partial charge in [0.05, 0.1) is 0 Å². The predicted molar refractivity (Wildman–Crippen MR) is 125 cm³/mol. The average molecular weight is 446 g/mol. The van der Waals surface area contributed by atoms with Crippen molar-refractivity contribution in [2.24, 2.45) is 0 Å². The van der Waals surface area contributed by atoms with Gasteiger partial charge in [0.15, 0.2) is 0 Å². The molecule has 2 fully saturated rings. The topological polar surface area (TPSA) is 106 Å². The SMILES string of the molecule is CC1(c2cccc(CNC(=O)N3CCC(c4cc5ccccc5[nH]4)CC3)c2)NC(=O)NC1=O. The normalized spacial score (nSPS) is 21.2. The van der Waals surface area contributed by atoms with E-state index in [-0.39, 0.29) is 11.9 Å². The Balaban J connectivity index is 1.17. The third-order valence-corrected chi connectivity index (χ3v) is 6.77. The van der Waals surface area contributed by atoms with E-state index < -0.39 is 11.6 Å². The van der Waals surface area contributed by atoms with Gasteiger partial charge in [-0.1, -0.05) is 42.5 Å². The maximum Gasteiger partial charge on any atom is 0.322 e. The first-order valence-corrected chi connectivity index (χ1v) is 11.3. The van der Waals surface area contributed by atoms with Crippen LogP contribution in [-0.4, -0.2) is 40.9 Å². The van der Waals surface area contributed by atoms with Gasteiger partial charge in [0.2, 0.25) is 0 Å². The Kier molecular flexibility index (Phi) is 5.28. The molecule has 2 aliphatic rings. The van der Waals surface area contributed by atoms with Crippen molar-refractivity contribution in [2.75, 3.05) is 13.1 Å². The number of urea groups is 2. The van der Waals surface area contributed by atoms with Gasteiger partial charge in [-0.05, 0) is 48.4 Å². The van der Waals surface area contributed by atoms with Crippen molar-refractivity contribution in [1.29, 1.82) is 0 Å². The Morgan fingerprint density at radius 1 is 1.09 bits per heavy atom. The van der Waals surface area contributed by atoms with E-state index in [1.165, 1.54) is 11.1 Å². The summed E-state index contributed by atoms with van der Waals surface area (Å²) in [5.74, 6) is 0.0400. The fourth-order valence-electron chi connectivity index (χ4n) is 4.74. The maximum atomic E-state index is 12.7. The van der Waals surface area contributed by atoms with Crippen LogP contribution < -0.4 is 16.0 Å². The molecule has 1 aromatic heterocycles. The molecule has 8 nitrogen and oxygen atoms in total. The summed E-state index contributed by atoms with van der Waals surface area (Å²) in [5, 5.41) is 9.15. The van der Waals surface area contributed by atoms with Crippen molar-refractivity contribution in [2.45, 2.75) is 37.8 Å². The molecule has 0 saturated carbocycles. The van der Waals surface area contributed by atoms with Gasteiger partial charge in [-0.15, -0.1) is 0 Å². The van der Waals surface area contributed by atoms with Gasteiger partial charge in [-0.3, -0.25) is 10.1 Å². The summed E-state index contributed by atoms with van der Waals surface area (Å²) < 4.78 is 0. The number of hydrogen-bond acceptors (Lipinski definition) is 3. The number of fused-ring (bicyclic) bond motifs is 1. The number of amides is 5. The molecule has 2 aliphatic heterocycles. The number of imide groups is 1. The van der Waals surface area contributed by atoms with Gasteiger partial charge in [0, 0.05) is 36.8 Å². The molecule has 1 unspecified atom stereocenters. The third-order valence-electron chi connectivity index (χ3n) is 6.77. The molecule has 3 heterocycles. The fourth-order valence-corrected chi connectivity index (χ4v) is 4.74. The first-order valence-electron chi connectivity index (χ1n) is 11.3. The van der Waals surface area contributed by atoms with Crippen molar-refractivity contribution < 1.29 is 14.4 Å². The number of carbonyl (C=O) groups is 3. The van der Waals surface area contributed by atoms with Crippen molar-refractivity contribution in [3.63, 3.8) is 0 Å². The number of aromatic nitrogens is 1. The van der Waals surface area contributed by atoms with Crippen LogP contribution in [0.15, 0.2) is 54.6 Å². The van der Waals surface area contributed by atoms with Crippen LogP contribution in [0.4, 0.5) is 9.59 Å². The van der Waals surface area contributed by atoms with Gasteiger partial charge < -0.3 is 20.5 Å². The number of benzene rings is 2. The molecule has 8 heteroatoms. The minimum Gasteiger partial charge on any atom is -0.358 e. The molecule has 2 saturated heterocycles. The number of carbonyl (C=O) groups excluding carboxylic acids is 3. The number of aromatic amines is 1. The number of H-pyrrole nitrogens is 1. The Labute approximate surface area is 191 Å². The summed E-state index contributed by atoms with van der Waals surface area (Å²) in [6, 6.07) is 17.3. The number of nitrogens with zero attached hydrogens (tertiary/aromatic N) is 1. The van der Waals surface area contributed by atoms with Gasteiger partial charge in [0.1, 0.15) is 5.54 Å². The summed E-state index contributed by atoms with van der Waals surface area (Å²) in [5.41, 5.74) is 2.82. The smallest absolute Gasteiger partial charge is 0.322 e. The zero-order valence-electron chi connectivity index (χ0n) is 18.5. The van der Waals surface area contributed by atoms with E-state index >= 15 is 0 Å². The first-order chi connectivity index (χ1) is 15.9. The summed E-state index contributed by atoms with van der Waals surface area (Å²) in [6.07, 6.45) is 1.84. The Bertz CT molecular complexity index is 1190. The highest BCUT2D eigenvalue weighted by molar-refractivity contribution is 6.07. The second kappa shape index (κ2) is 8.27. The lowest BCUT2D eigenvalue weighted by Crippen LogP contribution is -2.44. The molecule has 3 aromatic rings. The molecular weight excluding hydrogens is 418 g/mol. The molecule has 0 aliphatic carbocycles. The number of piperidine rings is 1. The van der Waals surface area contributed by atoms with E-state index in [4.69, 9.17) is 0 Å². The van der Waals surface area contributed by atoms with E-state index in [1.807, 2.05) is 35.2 Å². The van der Waals surface area contributed by atoms with Crippen molar-refractivity contribution in [3.8, 4) is 0 Å². The van der Waals surface area contributed by atoms with Gasteiger partial charge in [-0.25, -0.2) is 9.59 Å². The lowest BCUT2D eigenvalue weighted by Gasteiger charge is -2.31. The summed E-state index contributed by atoms with van der Waals surface area (Å²) >= 11 is 0. The van der Waals surface area contributed by atoms with E-state index in [2.05, 4.69) is 39.1 Å². The second-order valence-corrected chi connectivity index (χ2v) is 8.97. The van der Waals surface area contributed by atoms with E-state index in [0.29, 0.717) is 31.1 Å². The molecule has 2 aromatic carbocycles. The Hall–Kier alpha value is -3.81. The molecule has 1 atom stereocenters. The van der Waals surface area contributed by atoms with Crippen LogP contribution in [0, 0.1) is 0 Å². The number of rotatable bonds is 4. The van der Waals surface area contributed by atoms with E-state index in [0.717, 1.165) is 23.9 Å². The average Bonchev–Trinajstić information content (AvgIpc) is 3.38. The zero-order chi connectivity index (χ0) is 23.0. The molecular formula is C25H27N5O3. The Morgan fingerprint density at radius 2 is 1.88 bits per heavy atom. The van der Waals surface area contributed by atoms with Gasteiger partial charge in [0.25, 0.3) is 5.91 Å². The quantitative estimate of drug-likeness (QED) is 0.463. The van der Waals surface area contributed by atoms with Crippen molar-refractivity contribution in [3.05, 3.63) is 71.4 Å². The molecule has 5 rings (SSSR count). The molecule has 33 heavy (non-hydrogen) atoms. The summed E-state index contributed by atoms with van der Waals surface area (Å²) in [4.78, 5) is 41.9. The number of para-hydroxylation sites is 1. The monoisotopic (exact) mass is 445 g/mol. The molecule has 0 radical (unpaired) electrons. The van der Waals surface area contributed by atoms with Gasteiger partial charge in [-0.2, -0.15) is 0 Å². The standard InChI is InChI=1S/C25H27N5O3/c1-25(22(31)28-23(32)29-25)19-7-4-5-16(13-19)15-26-24(33)30-11-9-17(10-12-30)21-14-18-6-2-3-8-20(18)27-21/h2-8,13-14,17,27H,9-12,15H2,1H3,(H,26,33)(H2,28,29,31,32). The van der Waals surface area contributed by atoms with Crippen LogP contribution in [0.3, 0.4) is 0 Å². The van der Waals surface area contributed by atoms with Gasteiger partial charge >= 0.3 is 12.1 Å². The number of likely N-dealkylation sites (tertiary alicyclic amines) is 1. The van der Waals surface area contributed by atoms with E-state index in [9.17, 15) is 14.4 Å². The number of hydrogen-bond donors (Lipinski definition) is 4. The van der Waals surface area contributed by atoms with Crippen LogP contribution in [0.2, 0.25) is 0 Å². The molecule has 0 bridgehead atoms. The largest absolute Gasteiger partial charge is 0.358 e. The van der Waals surface area contributed by atoms with Crippen molar-refractivity contribution >= 4 is 28.9 Å². The molecule has 0 spiro atoms. The van der Waals surface area contributed by atoms with Crippen LogP contribution in [-0.2, 0) is 16.9 Å². The second-order valence-electron chi connectivity index (χ2n) is 8.97. The highest BCUT2D eigenvalue weighted by Gasteiger charge is 2.43. The van der Waals surface area contributed by atoms with E-state index in [1.54, 1.807) is 13.0 Å². The lowest BCUT2D eigenvalue weighted by atomic mass is 9.91. The highest BCUT2D eigenvalue weighted by atomic mass is 16.2. The molecule has 5 amide bonds. The first kappa shape index (κ1) is 21.1.